The maximum absolute atomic E-state index is 5.67. The van der Waals surface area contributed by atoms with Crippen molar-refractivity contribution in [3.8, 4) is 0 Å². The van der Waals surface area contributed by atoms with Crippen LogP contribution < -0.4 is 5.32 Å². The zero-order valence-electron chi connectivity index (χ0n) is 13.6. The number of rotatable bonds is 8. The minimum Gasteiger partial charge on any atom is -0.379 e. The van der Waals surface area contributed by atoms with Crippen LogP contribution in [0.2, 0.25) is 0 Å². The van der Waals surface area contributed by atoms with Crippen LogP contribution >= 0.6 is 0 Å². The Hall–Kier alpha value is -0.160. The Bertz CT molecular complexity index is 189. The van der Waals surface area contributed by atoms with E-state index in [-0.39, 0.29) is 6.10 Å². The van der Waals surface area contributed by atoms with E-state index in [0.717, 1.165) is 52.4 Å². The van der Waals surface area contributed by atoms with E-state index in [9.17, 15) is 0 Å². The van der Waals surface area contributed by atoms with Gasteiger partial charge in [-0.15, -0.1) is 0 Å². The molecule has 19 heavy (non-hydrogen) atoms. The van der Waals surface area contributed by atoms with Crippen LogP contribution in [0, 0.1) is 0 Å². The number of nitrogens with one attached hydrogen (secondary N) is 1. The predicted octanol–water partition coefficient (Wildman–Crippen LogP) is 2.14. The van der Waals surface area contributed by atoms with Crippen molar-refractivity contribution in [1.29, 1.82) is 0 Å². The zero-order chi connectivity index (χ0) is 14.5. The van der Waals surface area contributed by atoms with Gasteiger partial charge in [0.2, 0.25) is 0 Å². The normalized spacial score (nSPS) is 20.2. The first-order chi connectivity index (χ1) is 9.22. The third kappa shape index (κ3) is 10.3. The number of hydrogen-bond acceptors (Lipinski definition) is 4. The van der Waals surface area contributed by atoms with Gasteiger partial charge in [0, 0.05) is 25.7 Å². The highest BCUT2D eigenvalue weighted by molar-refractivity contribution is 4.69. The quantitative estimate of drug-likeness (QED) is 0.688. The van der Waals surface area contributed by atoms with Gasteiger partial charge < -0.3 is 14.8 Å². The van der Waals surface area contributed by atoms with Gasteiger partial charge in [-0.05, 0) is 19.5 Å². The molecule has 4 nitrogen and oxygen atoms in total. The zero-order valence-corrected chi connectivity index (χ0v) is 13.6. The van der Waals surface area contributed by atoms with Gasteiger partial charge in [0.15, 0.2) is 0 Å². The molecular weight excluding hydrogens is 240 g/mol. The highest BCUT2D eigenvalue weighted by Crippen LogP contribution is 2.05. The number of morpholine rings is 1. The summed E-state index contributed by atoms with van der Waals surface area (Å²) in [4.78, 5) is 2.41. The number of ether oxygens (including phenoxy) is 2. The van der Waals surface area contributed by atoms with E-state index in [1.54, 1.807) is 0 Å². The van der Waals surface area contributed by atoms with Crippen LogP contribution in [-0.2, 0) is 9.47 Å². The number of likely N-dealkylation sites (N-methyl/N-ethyl adjacent to an activating group) is 1. The summed E-state index contributed by atoms with van der Waals surface area (Å²) in [6, 6.07) is 0.565. The van der Waals surface area contributed by atoms with E-state index >= 15 is 0 Å². The monoisotopic (exact) mass is 274 g/mol. The molecule has 1 atom stereocenters. The average molecular weight is 274 g/mol. The van der Waals surface area contributed by atoms with Gasteiger partial charge in [-0.25, -0.2) is 0 Å². The van der Waals surface area contributed by atoms with Gasteiger partial charge >= 0.3 is 0 Å². The molecule has 0 amide bonds. The first kappa shape index (κ1) is 18.8. The highest BCUT2D eigenvalue weighted by Gasteiger charge is 2.18. The van der Waals surface area contributed by atoms with Crippen molar-refractivity contribution in [1.82, 2.24) is 10.2 Å². The van der Waals surface area contributed by atoms with E-state index < -0.39 is 0 Å². The summed E-state index contributed by atoms with van der Waals surface area (Å²) in [6.45, 7) is 17.1. The molecule has 1 aliphatic heterocycles. The highest BCUT2D eigenvalue weighted by atomic mass is 16.5. The van der Waals surface area contributed by atoms with Crippen molar-refractivity contribution in [2.45, 2.75) is 53.2 Å². The minimum atomic E-state index is 0.266. The summed E-state index contributed by atoms with van der Waals surface area (Å²) in [5.74, 6) is 0. The van der Waals surface area contributed by atoms with E-state index in [1.807, 2.05) is 13.8 Å². The minimum absolute atomic E-state index is 0.266. The molecular formula is C15H34N2O2. The average Bonchev–Trinajstić information content (AvgIpc) is 2.45. The van der Waals surface area contributed by atoms with Crippen LogP contribution in [0.5, 0.6) is 0 Å². The molecule has 0 aromatic heterocycles. The summed E-state index contributed by atoms with van der Waals surface area (Å²) >= 11 is 0. The Labute approximate surface area is 119 Å². The fourth-order valence-electron chi connectivity index (χ4n) is 1.95. The van der Waals surface area contributed by atoms with Crippen molar-refractivity contribution in [3.05, 3.63) is 0 Å². The number of hydrogen-bond donors (Lipinski definition) is 1. The van der Waals surface area contributed by atoms with Gasteiger partial charge in [-0.3, -0.25) is 4.90 Å². The Morgan fingerprint density at radius 2 is 2.11 bits per heavy atom. The molecule has 1 rings (SSSR count). The molecule has 0 radical (unpaired) electrons. The number of nitrogens with zero attached hydrogens (tertiary/aromatic N) is 1. The molecule has 0 spiro atoms. The lowest BCUT2D eigenvalue weighted by atomic mass is 10.3. The Morgan fingerprint density at radius 3 is 2.74 bits per heavy atom. The van der Waals surface area contributed by atoms with Crippen LogP contribution in [0.3, 0.4) is 0 Å². The van der Waals surface area contributed by atoms with Gasteiger partial charge in [-0.1, -0.05) is 34.6 Å². The van der Waals surface area contributed by atoms with E-state index in [2.05, 4.69) is 31.0 Å². The molecule has 0 saturated carbocycles. The van der Waals surface area contributed by atoms with E-state index in [1.165, 1.54) is 0 Å². The molecule has 1 saturated heterocycles. The van der Waals surface area contributed by atoms with Crippen molar-refractivity contribution < 1.29 is 9.47 Å². The molecule has 0 aromatic rings. The molecule has 1 aliphatic rings. The lowest BCUT2D eigenvalue weighted by Crippen LogP contribution is -2.44. The summed E-state index contributed by atoms with van der Waals surface area (Å²) in [5.41, 5.74) is 0. The van der Waals surface area contributed by atoms with Gasteiger partial charge in [0.1, 0.15) is 0 Å². The smallest absolute Gasteiger partial charge is 0.0935 e. The topological polar surface area (TPSA) is 33.7 Å². The Balaban J connectivity index is 0.00000154. The lowest BCUT2D eigenvalue weighted by molar-refractivity contribution is -0.0680. The maximum Gasteiger partial charge on any atom is 0.0935 e. The Kier molecular flexibility index (Phi) is 12.7. The first-order valence-electron chi connectivity index (χ1n) is 7.87. The predicted molar refractivity (Wildman–Crippen MR) is 81.8 cm³/mol. The van der Waals surface area contributed by atoms with Crippen molar-refractivity contribution in [2.75, 3.05) is 46.0 Å². The second-order valence-electron chi connectivity index (χ2n) is 4.92. The third-order valence-corrected chi connectivity index (χ3v) is 2.99. The summed E-state index contributed by atoms with van der Waals surface area (Å²) in [7, 11) is 0. The van der Waals surface area contributed by atoms with Crippen molar-refractivity contribution in [2.24, 2.45) is 0 Å². The summed E-state index contributed by atoms with van der Waals surface area (Å²) in [6.07, 6.45) is 1.34. The first-order valence-corrected chi connectivity index (χ1v) is 7.87. The summed E-state index contributed by atoms with van der Waals surface area (Å²) < 4.78 is 11.3. The maximum atomic E-state index is 5.67. The SMILES string of the molecule is CC.CCN1CCOC(COCCCNC(C)C)C1. The third-order valence-electron chi connectivity index (χ3n) is 2.99. The van der Waals surface area contributed by atoms with Crippen LogP contribution in [0.1, 0.15) is 41.0 Å². The molecule has 1 N–H and O–H groups in total. The lowest BCUT2D eigenvalue weighted by Gasteiger charge is -2.31. The second kappa shape index (κ2) is 12.9. The molecule has 116 valence electrons. The molecule has 1 heterocycles. The standard InChI is InChI=1S/C13H28N2O2.C2H6/c1-4-15-7-9-17-13(10-15)11-16-8-5-6-14-12(2)3;1-2/h12-14H,4-11H2,1-3H3;1-2H3. The molecule has 0 bridgehead atoms. The Morgan fingerprint density at radius 1 is 1.37 bits per heavy atom. The summed E-state index contributed by atoms with van der Waals surface area (Å²) in [5, 5.41) is 3.38. The molecule has 4 heteroatoms. The second-order valence-corrected chi connectivity index (χ2v) is 4.92. The molecule has 0 aromatic carbocycles. The molecule has 0 aliphatic carbocycles. The van der Waals surface area contributed by atoms with Gasteiger partial charge in [0.25, 0.3) is 0 Å². The van der Waals surface area contributed by atoms with Crippen molar-refractivity contribution in [3.63, 3.8) is 0 Å². The van der Waals surface area contributed by atoms with Crippen molar-refractivity contribution >= 4 is 0 Å². The molecule has 1 unspecified atom stereocenters. The van der Waals surface area contributed by atoms with Crippen LogP contribution in [0.4, 0.5) is 0 Å². The van der Waals surface area contributed by atoms with Crippen LogP contribution in [-0.4, -0.2) is 63.0 Å². The van der Waals surface area contributed by atoms with E-state index in [4.69, 9.17) is 9.47 Å². The van der Waals surface area contributed by atoms with E-state index in [0.29, 0.717) is 6.04 Å². The van der Waals surface area contributed by atoms with Crippen LogP contribution in [0.25, 0.3) is 0 Å². The fraction of sp³-hybridized carbons (Fsp3) is 1.00. The van der Waals surface area contributed by atoms with Gasteiger partial charge in [-0.2, -0.15) is 0 Å². The molecule has 1 fully saturated rings. The fourth-order valence-corrected chi connectivity index (χ4v) is 1.95. The largest absolute Gasteiger partial charge is 0.379 e. The van der Waals surface area contributed by atoms with Gasteiger partial charge in [0.05, 0.1) is 19.3 Å². The van der Waals surface area contributed by atoms with Crippen LogP contribution in [0.15, 0.2) is 0 Å².